The van der Waals surface area contributed by atoms with Gasteiger partial charge < -0.3 is 15.2 Å². The molecule has 0 bridgehead atoms. The van der Waals surface area contributed by atoms with Gasteiger partial charge in [0.15, 0.2) is 0 Å². The number of carbonyl (C=O) groups excluding carboxylic acids is 1. The van der Waals surface area contributed by atoms with E-state index in [-0.39, 0.29) is 11.8 Å². The van der Waals surface area contributed by atoms with Crippen molar-refractivity contribution in [3.8, 4) is 0 Å². The van der Waals surface area contributed by atoms with Crippen molar-refractivity contribution in [2.24, 2.45) is 0 Å². The molecule has 0 atom stereocenters. The lowest BCUT2D eigenvalue weighted by molar-refractivity contribution is 0.110. The highest BCUT2D eigenvalue weighted by Gasteiger charge is 2.30. The normalized spacial score (nSPS) is 17.6. The highest BCUT2D eigenvalue weighted by molar-refractivity contribution is 5.80. The minimum Gasteiger partial charge on any atom is -0.357 e. The number of H-pyrrole nitrogens is 1. The van der Waals surface area contributed by atoms with E-state index in [1.54, 1.807) is 6.07 Å². The summed E-state index contributed by atoms with van der Waals surface area (Å²) in [5.41, 5.74) is 4.69. The Labute approximate surface area is 169 Å². The smallest absolute Gasteiger partial charge is 0.317 e. The monoisotopic (exact) mass is 392 g/mol. The fourth-order valence-electron chi connectivity index (χ4n) is 4.63. The summed E-state index contributed by atoms with van der Waals surface area (Å²) in [5, 5.41) is 3.81. The minimum atomic E-state index is -0.254. The van der Waals surface area contributed by atoms with Gasteiger partial charge in [-0.3, -0.25) is 4.90 Å². The summed E-state index contributed by atoms with van der Waals surface area (Å²) in [6.45, 7) is 3.73. The van der Waals surface area contributed by atoms with E-state index in [1.165, 1.54) is 23.3 Å². The predicted molar refractivity (Wildman–Crippen MR) is 111 cm³/mol. The number of piperazine rings is 1. The van der Waals surface area contributed by atoms with Gasteiger partial charge in [0.25, 0.3) is 0 Å². The van der Waals surface area contributed by atoms with E-state index in [2.05, 4.69) is 39.5 Å². The summed E-state index contributed by atoms with van der Waals surface area (Å²) < 4.78 is 13.3. The van der Waals surface area contributed by atoms with Crippen molar-refractivity contribution >= 4 is 16.9 Å². The maximum Gasteiger partial charge on any atom is 0.317 e. The molecule has 1 aliphatic carbocycles. The molecule has 6 heteroatoms. The van der Waals surface area contributed by atoms with Crippen molar-refractivity contribution in [2.45, 2.75) is 25.4 Å². The second-order valence-electron chi connectivity index (χ2n) is 8.04. The van der Waals surface area contributed by atoms with Crippen molar-refractivity contribution in [1.82, 2.24) is 20.1 Å². The highest BCUT2D eigenvalue weighted by atomic mass is 19.1. The van der Waals surface area contributed by atoms with Gasteiger partial charge in [-0.25, -0.2) is 9.18 Å². The van der Waals surface area contributed by atoms with E-state index >= 15 is 0 Å². The van der Waals surface area contributed by atoms with Gasteiger partial charge in [-0.05, 0) is 48.2 Å². The summed E-state index contributed by atoms with van der Waals surface area (Å²) in [4.78, 5) is 20.2. The largest absolute Gasteiger partial charge is 0.357 e. The number of nitrogens with one attached hydrogen (secondary N) is 2. The van der Waals surface area contributed by atoms with E-state index in [1.807, 2.05) is 11.0 Å². The molecule has 0 unspecified atom stereocenters. The van der Waals surface area contributed by atoms with Crippen LogP contribution >= 0.6 is 0 Å². The topological polar surface area (TPSA) is 51.4 Å². The van der Waals surface area contributed by atoms with Crippen LogP contribution in [0.5, 0.6) is 0 Å². The average Bonchev–Trinajstić information content (AvgIpc) is 3.35. The third-order valence-corrected chi connectivity index (χ3v) is 6.22. The Balaban J connectivity index is 1.12. The van der Waals surface area contributed by atoms with Gasteiger partial charge >= 0.3 is 6.03 Å². The number of hydrogen-bond acceptors (Lipinski definition) is 2. The Morgan fingerprint density at radius 2 is 1.76 bits per heavy atom. The van der Waals surface area contributed by atoms with Crippen molar-refractivity contribution in [3.63, 3.8) is 0 Å². The zero-order valence-corrected chi connectivity index (χ0v) is 16.3. The fourth-order valence-corrected chi connectivity index (χ4v) is 4.63. The number of hydrogen-bond donors (Lipinski definition) is 2. The van der Waals surface area contributed by atoms with E-state index in [0.717, 1.165) is 55.6 Å². The fraction of sp³-hybridized carbons (Fsp3) is 0.348. The molecular formula is C23H25FN4O. The second-order valence-corrected chi connectivity index (χ2v) is 8.04. The van der Waals surface area contributed by atoms with E-state index in [9.17, 15) is 9.18 Å². The Hall–Kier alpha value is -2.86. The summed E-state index contributed by atoms with van der Waals surface area (Å²) >= 11 is 0. The summed E-state index contributed by atoms with van der Waals surface area (Å²) in [7, 11) is 0. The SMILES string of the molecule is O=C(NCc1cc2cc(F)ccc2[nH]1)N1CCN(C2Cc3ccccc3C2)CC1. The first-order valence-corrected chi connectivity index (χ1v) is 10.3. The van der Waals surface area contributed by atoms with Gasteiger partial charge in [0.2, 0.25) is 0 Å². The zero-order chi connectivity index (χ0) is 19.8. The second kappa shape index (κ2) is 7.52. The Kier molecular flexibility index (Phi) is 4.72. The molecule has 5 rings (SSSR count). The van der Waals surface area contributed by atoms with Crippen LogP contribution in [0.2, 0.25) is 0 Å². The number of aromatic amines is 1. The van der Waals surface area contributed by atoms with Crippen LogP contribution in [0.15, 0.2) is 48.5 Å². The first kappa shape index (κ1) is 18.2. The van der Waals surface area contributed by atoms with Crippen LogP contribution in [-0.4, -0.2) is 53.0 Å². The molecule has 1 aliphatic heterocycles. The third kappa shape index (κ3) is 3.72. The van der Waals surface area contributed by atoms with E-state index < -0.39 is 0 Å². The summed E-state index contributed by atoms with van der Waals surface area (Å²) in [5.74, 6) is -0.254. The van der Waals surface area contributed by atoms with Gasteiger partial charge in [0.1, 0.15) is 5.82 Å². The molecule has 2 aromatic carbocycles. The molecule has 1 fully saturated rings. The Morgan fingerprint density at radius 3 is 2.48 bits per heavy atom. The lowest BCUT2D eigenvalue weighted by atomic mass is 10.1. The van der Waals surface area contributed by atoms with Crippen molar-refractivity contribution in [2.75, 3.05) is 26.2 Å². The number of amides is 2. The van der Waals surface area contributed by atoms with E-state index in [4.69, 9.17) is 0 Å². The third-order valence-electron chi connectivity index (χ3n) is 6.22. The molecule has 2 N–H and O–H groups in total. The maximum absolute atomic E-state index is 13.3. The number of halogens is 1. The molecule has 150 valence electrons. The number of urea groups is 1. The highest BCUT2D eigenvalue weighted by Crippen LogP contribution is 2.26. The number of nitrogens with zero attached hydrogens (tertiary/aromatic N) is 2. The quantitative estimate of drug-likeness (QED) is 0.719. The van der Waals surface area contributed by atoms with Gasteiger partial charge in [0.05, 0.1) is 6.54 Å². The number of benzene rings is 2. The molecule has 1 aromatic heterocycles. The Morgan fingerprint density at radius 1 is 1.03 bits per heavy atom. The average molecular weight is 392 g/mol. The van der Waals surface area contributed by atoms with Crippen LogP contribution in [0.1, 0.15) is 16.8 Å². The molecular weight excluding hydrogens is 367 g/mol. The van der Waals surface area contributed by atoms with Gasteiger partial charge in [0, 0.05) is 48.8 Å². The van der Waals surface area contributed by atoms with Crippen molar-refractivity contribution in [3.05, 3.63) is 71.2 Å². The number of aromatic nitrogens is 1. The molecule has 2 amide bonds. The molecule has 1 saturated heterocycles. The van der Waals surface area contributed by atoms with Crippen LogP contribution in [0.4, 0.5) is 9.18 Å². The molecule has 0 radical (unpaired) electrons. The molecule has 0 saturated carbocycles. The Bertz CT molecular complexity index is 1010. The zero-order valence-electron chi connectivity index (χ0n) is 16.3. The van der Waals surface area contributed by atoms with Crippen LogP contribution in [0.25, 0.3) is 10.9 Å². The summed E-state index contributed by atoms with van der Waals surface area (Å²) in [6.07, 6.45) is 2.23. The standard InChI is InChI=1S/C23H25FN4O/c24-19-5-6-22-18(11-19)12-20(26-22)15-25-23(29)28-9-7-27(8-10-28)21-13-16-3-1-2-4-17(16)14-21/h1-6,11-12,21,26H,7-10,13-15H2,(H,25,29). The minimum absolute atomic E-state index is 0.0378. The molecule has 29 heavy (non-hydrogen) atoms. The van der Waals surface area contributed by atoms with Gasteiger partial charge in [-0.1, -0.05) is 24.3 Å². The molecule has 2 aliphatic rings. The van der Waals surface area contributed by atoms with Crippen LogP contribution in [0.3, 0.4) is 0 Å². The summed E-state index contributed by atoms with van der Waals surface area (Å²) in [6, 6.07) is 15.8. The molecule has 5 nitrogen and oxygen atoms in total. The van der Waals surface area contributed by atoms with Gasteiger partial charge in [-0.2, -0.15) is 0 Å². The number of rotatable bonds is 3. The molecule has 3 aromatic rings. The van der Waals surface area contributed by atoms with E-state index in [0.29, 0.717) is 12.6 Å². The number of carbonyl (C=O) groups is 1. The molecule has 2 heterocycles. The van der Waals surface area contributed by atoms with Crippen LogP contribution in [0, 0.1) is 5.82 Å². The maximum atomic E-state index is 13.3. The number of fused-ring (bicyclic) bond motifs is 2. The van der Waals surface area contributed by atoms with Gasteiger partial charge in [-0.15, -0.1) is 0 Å². The first-order chi connectivity index (χ1) is 14.2. The van der Waals surface area contributed by atoms with Crippen molar-refractivity contribution < 1.29 is 9.18 Å². The van der Waals surface area contributed by atoms with Crippen LogP contribution in [-0.2, 0) is 19.4 Å². The van der Waals surface area contributed by atoms with Crippen LogP contribution < -0.4 is 5.32 Å². The first-order valence-electron chi connectivity index (χ1n) is 10.3. The molecule has 0 spiro atoms. The lowest BCUT2D eigenvalue weighted by Gasteiger charge is -2.38. The lowest BCUT2D eigenvalue weighted by Crippen LogP contribution is -2.54. The predicted octanol–water partition coefficient (Wildman–Crippen LogP) is 3.30. The van der Waals surface area contributed by atoms with Crippen molar-refractivity contribution in [1.29, 1.82) is 0 Å².